The number of amides is 2. The minimum absolute atomic E-state index is 0.112. The third-order valence-electron chi connectivity index (χ3n) is 4.73. The van der Waals surface area contributed by atoms with E-state index in [0.29, 0.717) is 23.0 Å². The third kappa shape index (κ3) is 6.48. The van der Waals surface area contributed by atoms with Crippen LogP contribution in [0.25, 0.3) is 0 Å². The Morgan fingerprint density at radius 2 is 1.69 bits per heavy atom. The second-order valence-electron chi connectivity index (χ2n) is 7.25. The summed E-state index contributed by atoms with van der Waals surface area (Å²) in [6, 6.07) is 10.7. The molecular formula is C23H28Cl2N2O2. The van der Waals surface area contributed by atoms with Gasteiger partial charge in [-0.2, -0.15) is 0 Å². The predicted molar refractivity (Wildman–Crippen MR) is 119 cm³/mol. The summed E-state index contributed by atoms with van der Waals surface area (Å²) >= 11 is 12.4. The number of nitrogens with zero attached hydrogens (tertiary/aromatic N) is 1. The summed E-state index contributed by atoms with van der Waals surface area (Å²) < 4.78 is 0. The van der Waals surface area contributed by atoms with Gasteiger partial charge in [-0.25, -0.2) is 0 Å². The Morgan fingerprint density at radius 1 is 1.03 bits per heavy atom. The van der Waals surface area contributed by atoms with Crippen molar-refractivity contribution in [3.8, 4) is 0 Å². The Hall–Kier alpha value is -2.04. The fourth-order valence-electron chi connectivity index (χ4n) is 3.49. The molecule has 0 aliphatic carbocycles. The van der Waals surface area contributed by atoms with Gasteiger partial charge in [0.15, 0.2) is 0 Å². The van der Waals surface area contributed by atoms with Gasteiger partial charge in [-0.1, -0.05) is 65.5 Å². The number of hydrogen-bond donors (Lipinski definition) is 1. The van der Waals surface area contributed by atoms with E-state index >= 15 is 0 Å². The molecule has 1 atom stereocenters. The van der Waals surface area contributed by atoms with Gasteiger partial charge in [0.1, 0.15) is 6.04 Å². The van der Waals surface area contributed by atoms with Crippen LogP contribution in [0.4, 0.5) is 0 Å². The highest BCUT2D eigenvalue weighted by Crippen LogP contribution is 2.24. The molecule has 29 heavy (non-hydrogen) atoms. The molecule has 4 nitrogen and oxygen atoms in total. The first-order valence-electron chi connectivity index (χ1n) is 9.83. The van der Waals surface area contributed by atoms with E-state index in [-0.39, 0.29) is 24.8 Å². The molecule has 0 fully saturated rings. The smallest absolute Gasteiger partial charge is 0.242 e. The average Bonchev–Trinajstić information content (AvgIpc) is 2.62. The number of nitrogens with one attached hydrogen (secondary N) is 1. The molecule has 0 aliphatic heterocycles. The quantitative estimate of drug-likeness (QED) is 0.628. The van der Waals surface area contributed by atoms with Gasteiger partial charge in [0.25, 0.3) is 0 Å². The molecular weight excluding hydrogens is 407 g/mol. The number of likely N-dealkylation sites (N-methyl/N-ethyl adjacent to an activating group) is 1. The Labute approximate surface area is 183 Å². The molecule has 0 radical (unpaired) electrons. The van der Waals surface area contributed by atoms with Crippen LogP contribution in [0.5, 0.6) is 0 Å². The van der Waals surface area contributed by atoms with Crippen molar-refractivity contribution in [1.82, 2.24) is 10.2 Å². The first-order chi connectivity index (χ1) is 13.7. The molecule has 1 N–H and O–H groups in total. The Balaban J connectivity index is 2.36. The number of hydrogen-bond acceptors (Lipinski definition) is 2. The van der Waals surface area contributed by atoms with E-state index in [1.165, 1.54) is 0 Å². The van der Waals surface area contributed by atoms with Crippen LogP contribution in [0.15, 0.2) is 36.4 Å². The van der Waals surface area contributed by atoms with Gasteiger partial charge in [0.2, 0.25) is 11.8 Å². The standard InChI is InChI=1S/C23H28Cl2N2O2/c1-5-21(23(29)26-6-2)27(14-18-7-8-19(24)13-20(18)25)22(28)12-17-10-15(3)9-16(4)11-17/h7-11,13,21H,5-6,12,14H2,1-4H3,(H,26,29). The zero-order valence-corrected chi connectivity index (χ0v) is 18.9. The number of aryl methyl sites for hydroxylation is 2. The molecule has 0 saturated heterocycles. The third-order valence-corrected chi connectivity index (χ3v) is 5.32. The molecule has 1 unspecified atom stereocenters. The van der Waals surface area contributed by atoms with E-state index in [9.17, 15) is 9.59 Å². The van der Waals surface area contributed by atoms with Crippen molar-refractivity contribution in [1.29, 1.82) is 0 Å². The Morgan fingerprint density at radius 3 is 2.24 bits per heavy atom. The van der Waals surface area contributed by atoms with E-state index in [1.807, 2.05) is 39.8 Å². The van der Waals surface area contributed by atoms with Gasteiger partial charge in [-0.05, 0) is 50.5 Å². The van der Waals surface area contributed by atoms with Crippen molar-refractivity contribution in [3.63, 3.8) is 0 Å². The van der Waals surface area contributed by atoms with Crippen LogP contribution < -0.4 is 5.32 Å². The normalized spacial score (nSPS) is 11.8. The number of halogens is 2. The van der Waals surface area contributed by atoms with Crippen molar-refractivity contribution in [2.24, 2.45) is 0 Å². The van der Waals surface area contributed by atoms with Crippen LogP contribution in [-0.2, 0) is 22.6 Å². The van der Waals surface area contributed by atoms with Crippen LogP contribution >= 0.6 is 23.2 Å². The minimum atomic E-state index is -0.569. The van der Waals surface area contributed by atoms with Crippen molar-refractivity contribution in [3.05, 3.63) is 68.7 Å². The molecule has 0 saturated carbocycles. The first kappa shape index (κ1) is 23.2. The number of carbonyl (C=O) groups is 2. The predicted octanol–water partition coefficient (Wildman–Crippen LogP) is 5.10. The maximum Gasteiger partial charge on any atom is 0.242 e. The average molecular weight is 435 g/mol. The first-order valence-corrected chi connectivity index (χ1v) is 10.6. The summed E-state index contributed by atoms with van der Waals surface area (Å²) in [6.07, 6.45) is 0.735. The molecule has 2 amide bonds. The second kappa shape index (κ2) is 10.7. The van der Waals surface area contributed by atoms with Crippen LogP contribution in [0.3, 0.4) is 0 Å². The monoisotopic (exact) mass is 434 g/mol. The van der Waals surface area contributed by atoms with E-state index in [4.69, 9.17) is 23.2 Å². The lowest BCUT2D eigenvalue weighted by molar-refractivity contribution is -0.140. The molecule has 0 heterocycles. The highest BCUT2D eigenvalue weighted by Gasteiger charge is 2.29. The molecule has 6 heteroatoms. The molecule has 0 aliphatic rings. The highest BCUT2D eigenvalue weighted by molar-refractivity contribution is 6.35. The van der Waals surface area contributed by atoms with Gasteiger partial charge < -0.3 is 10.2 Å². The summed E-state index contributed by atoms with van der Waals surface area (Å²) in [5.41, 5.74) is 3.91. The SMILES string of the molecule is CCNC(=O)C(CC)N(Cc1ccc(Cl)cc1Cl)C(=O)Cc1cc(C)cc(C)c1. The summed E-state index contributed by atoms with van der Waals surface area (Å²) in [5.74, 6) is -0.270. The van der Waals surface area contributed by atoms with Gasteiger partial charge in [-0.15, -0.1) is 0 Å². The maximum atomic E-state index is 13.3. The Kier molecular flexibility index (Phi) is 8.54. The number of carbonyl (C=O) groups excluding carboxylic acids is 2. The summed E-state index contributed by atoms with van der Waals surface area (Å²) in [5, 5.41) is 3.85. The van der Waals surface area contributed by atoms with Crippen molar-refractivity contribution >= 4 is 35.0 Å². The van der Waals surface area contributed by atoms with Crippen molar-refractivity contribution in [2.45, 2.75) is 53.1 Å². The lowest BCUT2D eigenvalue weighted by atomic mass is 10.0. The molecule has 2 aromatic rings. The molecule has 2 aromatic carbocycles. The topological polar surface area (TPSA) is 49.4 Å². The van der Waals surface area contributed by atoms with E-state index in [2.05, 4.69) is 11.4 Å². The second-order valence-corrected chi connectivity index (χ2v) is 8.09. The summed E-state index contributed by atoms with van der Waals surface area (Å²) in [7, 11) is 0. The minimum Gasteiger partial charge on any atom is -0.355 e. The number of rotatable bonds is 8. The van der Waals surface area contributed by atoms with Crippen LogP contribution in [0.1, 0.15) is 42.5 Å². The van der Waals surface area contributed by atoms with Gasteiger partial charge >= 0.3 is 0 Å². The molecule has 0 bridgehead atoms. The fraction of sp³-hybridized carbons (Fsp3) is 0.391. The lowest BCUT2D eigenvalue weighted by Crippen LogP contribution is -2.49. The molecule has 2 rings (SSSR count). The van der Waals surface area contributed by atoms with Crippen molar-refractivity contribution in [2.75, 3.05) is 6.54 Å². The maximum absolute atomic E-state index is 13.3. The Bertz CT molecular complexity index is 863. The van der Waals surface area contributed by atoms with E-state index in [1.54, 1.807) is 23.1 Å². The van der Waals surface area contributed by atoms with Gasteiger partial charge in [0, 0.05) is 23.1 Å². The summed E-state index contributed by atoms with van der Waals surface area (Å²) in [4.78, 5) is 27.6. The largest absolute Gasteiger partial charge is 0.355 e. The van der Waals surface area contributed by atoms with Crippen LogP contribution in [-0.4, -0.2) is 29.3 Å². The van der Waals surface area contributed by atoms with Gasteiger partial charge in [-0.3, -0.25) is 9.59 Å². The number of benzene rings is 2. The van der Waals surface area contributed by atoms with Gasteiger partial charge in [0.05, 0.1) is 6.42 Å². The zero-order valence-electron chi connectivity index (χ0n) is 17.4. The van der Waals surface area contributed by atoms with E-state index < -0.39 is 6.04 Å². The van der Waals surface area contributed by atoms with Crippen molar-refractivity contribution < 1.29 is 9.59 Å². The van der Waals surface area contributed by atoms with E-state index in [0.717, 1.165) is 22.3 Å². The van der Waals surface area contributed by atoms with Crippen LogP contribution in [0, 0.1) is 13.8 Å². The highest BCUT2D eigenvalue weighted by atomic mass is 35.5. The molecule has 156 valence electrons. The molecule has 0 aromatic heterocycles. The lowest BCUT2D eigenvalue weighted by Gasteiger charge is -2.31. The molecule has 0 spiro atoms. The van der Waals surface area contributed by atoms with Crippen LogP contribution in [0.2, 0.25) is 10.0 Å². The fourth-order valence-corrected chi connectivity index (χ4v) is 3.96. The zero-order chi connectivity index (χ0) is 21.6. The summed E-state index contributed by atoms with van der Waals surface area (Å²) in [6.45, 7) is 8.54.